The Morgan fingerprint density at radius 1 is 1.37 bits per heavy atom. The Hall–Kier alpha value is -1.52. The summed E-state index contributed by atoms with van der Waals surface area (Å²) in [5, 5.41) is 5.80. The lowest BCUT2D eigenvalue weighted by atomic mass is 10.1. The van der Waals surface area contributed by atoms with Crippen molar-refractivity contribution in [1.29, 1.82) is 0 Å². The Morgan fingerprint density at radius 3 is 2.79 bits per heavy atom. The summed E-state index contributed by atoms with van der Waals surface area (Å²) in [5.74, 6) is -0.0928. The highest BCUT2D eigenvalue weighted by atomic mass is 35.5. The maximum absolute atomic E-state index is 12.0. The number of carbonyl (C=O) groups excluding carboxylic acids is 1. The summed E-state index contributed by atoms with van der Waals surface area (Å²) >= 11 is 7.76. The van der Waals surface area contributed by atoms with Gasteiger partial charge in [-0.25, -0.2) is 0 Å². The van der Waals surface area contributed by atoms with Crippen molar-refractivity contribution in [2.45, 2.75) is 6.54 Å². The standard InChI is InChI=1S/C14H15ClN2OS/c1-17(2)14(18)12-8-10(5-6-13(12)15)16-9-11-4-3-7-19-11/h3-8,16H,9H2,1-2H3. The largest absolute Gasteiger partial charge is 0.380 e. The second-order valence-corrected chi connectivity index (χ2v) is 5.77. The van der Waals surface area contributed by atoms with Gasteiger partial charge in [-0.3, -0.25) is 4.79 Å². The number of halogens is 1. The summed E-state index contributed by atoms with van der Waals surface area (Å²) in [7, 11) is 3.43. The predicted molar refractivity (Wildman–Crippen MR) is 81.1 cm³/mol. The van der Waals surface area contributed by atoms with E-state index in [1.54, 1.807) is 37.6 Å². The van der Waals surface area contributed by atoms with Gasteiger partial charge in [-0.1, -0.05) is 17.7 Å². The van der Waals surface area contributed by atoms with Gasteiger partial charge < -0.3 is 10.2 Å². The minimum atomic E-state index is -0.0928. The van der Waals surface area contributed by atoms with Crippen LogP contribution in [0.1, 0.15) is 15.2 Å². The first-order valence-corrected chi connectivity index (χ1v) is 7.11. The monoisotopic (exact) mass is 294 g/mol. The van der Waals surface area contributed by atoms with Gasteiger partial charge in [-0.2, -0.15) is 0 Å². The number of hydrogen-bond donors (Lipinski definition) is 1. The van der Waals surface area contributed by atoms with Crippen LogP contribution in [-0.2, 0) is 6.54 Å². The third-order valence-corrected chi connectivity index (χ3v) is 3.86. The average molecular weight is 295 g/mol. The van der Waals surface area contributed by atoms with Crippen molar-refractivity contribution >= 4 is 34.5 Å². The molecule has 0 unspecified atom stereocenters. The normalized spacial score (nSPS) is 10.3. The number of thiophene rings is 1. The summed E-state index contributed by atoms with van der Waals surface area (Å²) in [5.41, 5.74) is 1.41. The van der Waals surface area contributed by atoms with Crippen molar-refractivity contribution in [3.05, 3.63) is 51.2 Å². The number of rotatable bonds is 4. The molecule has 1 amide bonds. The van der Waals surface area contributed by atoms with Crippen LogP contribution in [0.5, 0.6) is 0 Å². The smallest absolute Gasteiger partial charge is 0.254 e. The van der Waals surface area contributed by atoms with E-state index < -0.39 is 0 Å². The molecule has 0 saturated carbocycles. The Balaban J connectivity index is 2.14. The second-order valence-electron chi connectivity index (χ2n) is 4.33. The molecule has 0 aliphatic rings. The number of nitrogens with one attached hydrogen (secondary N) is 1. The molecule has 0 spiro atoms. The Bertz CT molecular complexity index is 567. The van der Waals surface area contributed by atoms with Crippen LogP contribution in [0.25, 0.3) is 0 Å². The van der Waals surface area contributed by atoms with E-state index in [0.29, 0.717) is 10.6 Å². The zero-order chi connectivity index (χ0) is 13.8. The van der Waals surface area contributed by atoms with E-state index >= 15 is 0 Å². The topological polar surface area (TPSA) is 32.3 Å². The van der Waals surface area contributed by atoms with Crippen LogP contribution >= 0.6 is 22.9 Å². The van der Waals surface area contributed by atoms with Crippen LogP contribution in [0.3, 0.4) is 0 Å². The maximum atomic E-state index is 12.0. The minimum Gasteiger partial charge on any atom is -0.380 e. The molecular formula is C14H15ClN2OS. The van der Waals surface area contributed by atoms with Gasteiger partial charge in [0.2, 0.25) is 0 Å². The fourth-order valence-corrected chi connectivity index (χ4v) is 2.49. The number of carbonyl (C=O) groups is 1. The lowest BCUT2D eigenvalue weighted by molar-refractivity contribution is 0.0828. The number of benzene rings is 1. The zero-order valence-electron chi connectivity index (χ0n) is 10.8. The van der Waals surface area contributed by atoms with E-state index in [9.17, 15) is 4.79 Å². The Morgan fingerprint density at radius 2 is 2.16 bits per heavy atom. The van der Waals surface area contributed by atoms with Crippen LogP contribution in [0.15, 0.2) is 35.7 Å². The molecule has 0 saturated heterocycles. The molecule has 3 nitrogen and oxygen atoms in total. The third-order valence-electron chi connectivity index (χ3n) is 2.65. The fourth-order valence-electron chi connectivity index (χ4n) is 1.64. The molecule has 100 valence electrons. The molecule has 0 atom stereocenters. The highest BCUT2D eigenvalue weighted by molar-refractivity contribution is 7.09. The van der Waals surface area contributed by atoms with Gasteiger partial charge in [0.05, 0.1) is 10.6 Å². The molecule has 1 N–H and O–H groups in total. The molecule has 1 aromatic carbocycles. The Labute approximate surface area is 121 Å². The van der Waals surface area contributed by atoms with Gasteiger partial charge in [-0.05, 0) is 29.6 Å². The molecule has 5 heteroatoms. The van der Waals surface area contributed by atoms with Crippen molar-refractivity contribution in [1.82, 2.24) is 4.90 Å². The highest BCUT2D eigenvalue weighted by Crippen LogP contribution is 2.22. The predicted octanol–water partition coefficient (Wildman–Crippen LogP) is 3.72. The Kier molecular flexibility index (Phi) is 4.45. The van der Waals surface area contributed by atoms with Gasteiger partial charge in [-0.15, -0.1) is 11.3 Å². The number of nitrogens with zero attached hydrogens (tertiary/aromatic N) is 1. The zero-order valence-corrected chi connectivity index (χ0v) is 12.4. The number of anilines is 1. The van der Waals surface area contributed by atoms with Crippen molar-refractivity contribution in [3.63, 3.8) is 0 Å². The summed E-state index contributed by atoms with van der Waals surface area (Å²) in [6.07, 6.45) is 0. The van der Waals surface area contributed by atoms with Crippen LogP contribution in [-0.4, -0.2) is 24.9 Å². The summed E-state index contributed by atoms with van der Waals surface area (Å²) in [4.78, 5) is 14.7. The molecule has 19 heavy (non-hydrogen) atoms. The fraction of sp³-hybridized carbons (Fsp3) is 0.214. The van der Waals surface area contributed by atoms with Gasteiger partial charge in [0.15, 0.2) is 0 Å². The molecular weight excluding hydrogens is 280 g/mol. The van der Waals surface area contributed by atoms with E-state index in [1.807, 2.05) is 17.5 Å². The third kappa shape index (κ3) is 3.49. The van der Waals surface area contributed by atoms with E-state index in [1.165, 1.54) is 9.78 Å². The lowest BCUT2D eigenvalue weighted by Gasteiger charge is -2.13. The molecule has 0 bridgehead atoms. The van der Waals surface area contributed by atoms with Gasteiger partial charge in [0, 0.05) is 31.2 Å². The summed E-state index contributed by atoms with van der Waals surface area (Å²) in [6.45, 7) is 0.745. The first kappa shape index (κ1) is 13.9. The van der Waals surface area contributed by atoms with Crippen molar-refractivity contribution < 1.29 is 4.79 Å². The van der Waals surface area contributed by atoms with Crippen LogP contribution in [0.2, 0.25) is 5.02 Å². The van der Waals surface area contributed by atoms with E-state index in [-0.39, 0.29) is 5.91 Å². The molecule has 2 aromatic rings. The quantitative estimate of drug-likeness (QED) is 0.932. The van der Waals surface area contributed by atoms with Crippen molar-refractivity contribution in [3.8, 4) is 0 Å². The van der Waals surface area contributed by atoms with Gasteiger partial charge in [0.1, 0.15) is 0 Å². The average Bonchev–Trinajstić information content (AvgIpc) is 2.90. The van der Waals surface area contributed by atoms with Crippen LogP contribution in [0.4, 0.5) is 5.69 Å². The van der Waals surface area contributed by atoms with Crippen molar-refractivity contribution in [2.24, 2.45) is 0 Å². The van der Waals surface area contributed by atoms with Gasteiger partial charge in [0.25, 0.3) is 5.91 Å². The molecule has 0 radical (unpaired) electrons. The van der Waals surface area contributed by atoms with E-state index in [2.05, 4.69) is 11.4 Å². The molecule has 2 rings (SSSR count). The number of hydrogen-bond acceptors (Lipinski definition) is 3. The lowest BCUT2D eigenvalue weighted by Crippen LogP contribution is -2.22. The second kappa shape index (κ2) is 6.08. The first-order chi connectivity index (χ1) is 9.08. The summed E-state index contributed by atoms with van der Waals surface area (Å²) in [6, 6.07) is 9.50. The molecule has 0 aliphatic heterocycles. The summed E-state index contributed by atoms with van der Waals surface area (Å²) < 4.78 is 0. The highest BCUT2D eigenvalue weighted by Gasteiger charge is 2.12. The SMILES string of the molecule is CN(C)C(=O)c1cc(NCc2cccs2)ccc1Cl. The maximum Gasteiger partial charge on any atom is 0.254 e. The molecule has 1 aromatic heterocycles. The van der Waals surface area contributed by atoms with Crippen LogP contribution in [0, 0.1) is 0 Å². The molecule has 0 aliphatic carbocycles. The van der Waals surface area contributed by atoms with E-state index in [0.717, 1.165) is 12.2 Å². The number of amides is 1. The first-order valence-electron chi connectivity index (χ1n) is 5.85. The van der Waals surface area contributed by atoms with Crippen LogP contribution < -0.4 is 5.32 Å². The van der Waals surface area contributed by atoms with Crippen molar-refractivity contribution in [2.75, 3.05) is 19.4 Å². The van der Waals surface area contributed by atoms with E-state index in [4.69, 9.17) is 11.6 Å². The molecule has 1 heterocycles. The van der Waals surface area contributed by atoms with Gasteiger partial charge >= 0.3 is 0 Å². The molecule has 0 fully saturated rings. The minimum absolute atomic E-state index is 0.0928.